The maximum Gasteiger partial charge on any atom is 0.451 e. The number of rotatable bonds is 1. The first-order chi connectivity index (χ1) is 9.41. The molecule has 7 heteroatoms. The SMILES string of the molecule is O=C1c2cc(CO)ccc2-c2cnc(C(F)(F)F)nc21. The number of hydrogen-bond donors (Lipinski definition) is 1. The van der Waals surface area contributed by atoms with E-state index >= 15 is 0 Å². The Morgan fingerprint density at radius 2 is 1.90 bits per heavy atom. The molecule has 1 aliphatic carbocycles. The fourth-order valence-corrected chi connectivity index (χ4v) is 2.13. The van der Waals surface area contributed by atoms with E-state index in [-0.39, 0.29) is 23.4 Å². The smallest absolute Gasteiger partial charge is 0.392 e. The summed E-state index contributed by atoms with van der Waals surface area (Å²) in [5, 5.41) is 9.03. The highest BCUT2D eigenvalue weighted by Gasteiger charge is 2.38. The first-order valence-electron chi connectivity index (χ1n) is 5.65. The lowest BCUT2D eigenvalue weighted by atomic mass is 10.0. The normalized spacial score (nSPS) is 13.3. The van der Waals surface area contributed by atoms with Gasteiger partial charge in [-0.25, -0.2) is 9.97 Å². The number of aromatic nitrogens is 2. The van der Waals surface area contributed by atoms with Crippen LogP contribution in [0.4, 0.5) is 13.2 Å². The van der Waals surface area contributed by atoms with Crippen LogP contribution in [0.3, 0.4) is 0 Å². The van der Waals surface area contributed by atoms with Crippen LogP contribution in [0.25, 0.3) is 11.1 Å². The second-order valence-electron chi connectivity index (χ2n) is 4.32. The third-order valence-corrected chi connectivity index (χ3v) is 3.06. The first kappa shape index (κ1) is 12.7. The fourth-order valence-electron chi connectivity index (χ4n) is 2.13. The molecule has 0 bridgehead atoms. The van der Waals surface area contributed by atoms with Crippen LogP contribution in [0.2, 0.25) is 0 Å². The van der Waals surface area contributed by atoms with Crippen LogP contribution in [-0.2, 0) is 12.8 Å². The number of carbonyl (C=O) groups is 1. The Kier molecular flexibility index (Phi) is 2.62. The molecule has 0 radical (unpaired) electrons. The van der Waals surface area contributed by atoms with E-state index < -0.39 is 17.8 Å². The highest BCUT2D eigenvalue weighted by Crippen LogP contribution is 2.37. The van der Waals surface area contributed by atoms with Crippen LogP contribution in [0, 0.1) is 0 Å². The molecule has 1 N–H and O–H groups in total. The van der Waals surface area contributed by atoms with E-state index in [1.54, 1.807) is 12.1 Å². The van der Waals surface area contributed by atoms with Crippen molar-refractivity contribution in [2.45, 2.75) is 12.8 Å². The van der Waals surface area contributed by atoms with Gasteiger partial charge in [-0.05, 0) is 17.2 Å². The Hall–Kier alpha value is -2.28. The van der Waals surface area contributed by atoms with Crippen LogP contribution < -0.4 is 0 Å². The number of aliphatic hydroxyl groups excluding tert-OH is 1. The number of halogens is 3. The number of carbonyl (C=O) groups excluding carboxylic acids is 1. The van der Waals surface area contributed by atoms with Crippen LogP contribution >= 0.6 is 0 Å². The van der Waals surface area contributed by atoms with Gasteiger partial charge in [0.2, 0.25) is 11.6 Å². The third-order valence-electron chi connectivity index (χ3n) is 3.06. The molecular weight excluding hydrogens is 273 g/mol. The van der Waals surface area contributed by atoms with Gasteiger partial charge in [-0.3, -0.25) is 4.79 Å². The average molecular weight is 280 g/mol. The summed E-state index contributed by atoms with van der Waals surface area (Å²) in [6, 6.07) is 4.62. The minimum Gasteiger partial charge on any atom is -0.392 e. The van der Waals surface area contributed by atoms with E-state index in [9.17, 15) is 18.0 Å². The van der Waals surface area contributed by atoms with Gasteiger partial charge in [-0.15, -0.1) is 0 Å². The van der Waals surface area contributed by atoms with Gasteiger partial charge in [0.25, 0.3) is 0 Å². The van der Waals surface area contributed by atoms with Crippen LogP contribution in [0.5, 0.6) is 0 Å². The van der Waals surface area contributed by atoms with Crippen molar-refractivity contribution >= 4 is 5.78 Å². The van der Waals surface area contributed by atoms with Crippen molar-refractivity contribution in [3.05, 3.63) is 47.0 Å². The summed E-state index contributed by atoms with van der Waals surface area (Å²) < 4.78 is 37.7. The van der Waals surface area contributed by atoms with Crippen molar-refractivity contribution in [3.63, 3.8) is 0 Å². The zero-order valence-electron chi connectivity index (χ0n) is 9.90. The highest BCUT2D eigenvalue weighted by atomic mass is 19.4. The molecule has 0 saturated carbocycles. The quantitative estimate of drug-likeness (QED) is 0.742. The maximum absolute atomic E-state index is 12.6. The summed E-state index contributed by atoms with van der Waals surface area (Å²) >= 11 is 0. The van der Waals surface area contributed by atoms with Gasteiger partial charge in [0, 0.05) is 17.3 Å². The molecule has 0 saturated heterocycles. The molecule has 1 heterocycles. The van der Waals surface area contributed by atoms with Crippen molar-refractivity contribution in [3.8, 4) is 11.1 Å². The Bertz CT molecular complexity index is 726. The number of fused-ring (bicyclic) bond motifs is 3. The van der Waals surface area contributed by atoms with Crippen LogP contribution in [-0.4, -0.2) is 20.9 Å². The predicted octanol–water partition coefficient (Wildman–Crippen LogP) is 2.20. The van der Waals surface area contributed by atoms with E-state index in [0.717, 1.165) is 6.20 Å². The number of aliphatic hydroxyl groups is 1. The van der Waals surface area contributed by atoms with E-state index in [2.05, 4.69) is 9.97 Å². The number of benzene rings is 1. The molecule has 102 valence electrons. The number of nitrogens with zero attached hydrogens (tertiary/aromatic N) is 2. The zero-order chi connectivity index (χ0) is 14.5. The standard InChI is InChI=1S/C13H7F3N2O2/c14-13(15,16)12-17-4-9-7-2-1-6(5-19)3-8(7)11(20)10(9)18-12/h1-4,19H,5H2. The lowest BCUT2D eigenvalue weighted by Gasteiger charge is -2.05. The summed E-state index contributed by atoms with van der Waals surface area (Å²) in [6.45, 7) is -0.254. The Labute approximate surface area is 110 Å². The highest BCUT2D eigenvalue weighted by molar-refractivity contribution is 6.20. The van der Waals surface area contributed by atoms with Gasteiger partial charge in [0.1, 0.15) is 5.69 Å². The molecule has 0 spiro atoms. The number of alkyl halides is 3. The molecule has 0 amide bonds. The summed E-state index contributed by atoms with van der Waals surface area (Å²) in [5.41, 5.74) is 1.25. The second-order valence-corrected chi connectivity index (χ2v) is 4.32. The average Bonchev–Trinajstić information content (AvgIpc) is 2.70. The van der Waals surface area contributed by atoms with Crippen molar-refractivity contribution in [1.82, 2.24) is 9.97 Å². The molecule has 4 nitrogen and oxygen atoms in total. The Balaban J connectivity index is 2.18. The third kappa shape index (κ3) is 1.78. The molecular formula is C13H7F3N2O2. The van der Waals surface area contributed by atoms with E-state index in [4.69, 9.17) is 5.11 Å². The van der Waals surface area contributed by atoms with E-state index in [1.165, 1.54) is 6.07 Å². The molecule has 20 heavy (non-hydrogen) atoms. The van der Waals surface area contributed by atoms with Crippen molar-refractivity contribution in [2.24, 2.45) is 0 Å². The van der Waals surface area contributed by atoms with Crippen molar-refractivity contribution in [2.75, 3.05) is 0 Å². The van der Waals surface area contributed by atoms with Crippen molar-refractivity contribution in [1.29, 1.82) is 0 Å². The molecule has 0 fully saturated rings. The molecule has 0 aliphatic heterocycles. The van der Waals surface area contributed by atoms with Gasteiger partial charge in [0.15, 0.2) is 0 Å². The predicted molar refractivity (Wildman–Crippen MR) is 61.8 cm³/mol. The molecule has 0 atom stereocenters. The largest absolute Gasteiger partial charge is 0.451 e. The number of hydrogen-bond acceptors (Lipinski definition) is 4. The summed E-state index contributed by atoms with van der Waals surface area (Å²) in [7, 11) is 0. The Morgan fingerprint density at radius 3 is 2.55 bits per heavy atom. The number of ketones is 1. The van der Waals surface area contributed by atoms with Crippen LogP contribution in [0.1, 0.15) is 27.4 Å². The lowest BCUT2D eigenvalue weighted by molar-refractivity contribution is -0.145. The van der Waals surface area contributed by atoms with Gasteiger partial charge in [0.05, 0.1) is 6.61 Å². The summed E-state index contributed by atoms with van der Waals surface area (Å²) in [4.78, 5) is 18.7. The first-order valence-corrected chi connectivity index (χ1v) is 5.65. The van der Waals surface area contributed by atoms with E-state index in [1.807, 2.05) is 0 Å². The minimum atomic E-state index is -4.69. The molecule has 1 aromatic carbocycles. The monoisotopic (exact) mass is 280 g/mol. The van der Waals surface area contributed by atoms with Gasteiger partial charge in [-0.1, -0.05) is 12.1 Å². The minimum absolute atomic E-state index is 0.236. The van der Waals surface area contributed by atoms with Crippen molar-refractivity contribution < 1.29 is 23.1 Å². The van der Waals surface area contributed by atoms with Crippen LogP contribution in [0.15, 0.2) is 24.4 Å². The molecule has 2 aromatic rings. The van der Waals surface area contributed by atoms with E-state index in [0.29, 0.717) is 11.1 Å². The fraction of sp³-hybridized carbons (Fsp3) is 0.154. The van der Waals surface area contributed by atoms with Gasteiger partial charge in [-0.2, -0.15) is 13.2 Å². The molecule has 1 aromatic heterocycles. The van der Waals surface area contributed by atoms with Gasteiger partial charge >= 0.3 is 6.18 Å². The summed E-state index contributed by atoms with van der Waals surface area (Å²) in [6.07, 6.45) is -3.69. The summed E-state index contributed by atoms with van der Waals surface area (Å²) in [5.74, 6) is -1.92. The van der Waals surface area contributed by atoms with Gasteiger partial charge < -0.3 is 5.11 Å². The molecule has 0 unspecified atom stereocenters. The Morgan fingerprint density at radius 1 is 1.15 bits per heavy atom. The zero-order valence-corrected chi connectivity index (χ0v) is 9.90. The maximum atomic E-state index is 12.6. The molecule has 3 rings (SSSR count). The lowest BCUT2D eigenvalue weighted by Crippen LogP contribution is -2.13. The second kappa shape index (κ2) is 4.11. The molecule has 1 aliphatic rings. The topological polar surface area (TPSA) is 63.1 Å².